The minimum Gasteiger partial charge on any atom is -0.353 e. The van der Waals surface area contributed by atoms with E-state index in [9.17, 15) is 0 Å². The molecule has 114 valence electrons. The summed E-state index contributed by atoms with van der Waals surface area (Å²) in [5, 5.41) is 1.19. The van der Waals surface area contributed by atoms with Gasteiger partial charge in [0.2, 0.25) is 0 Å². The van der Waals surface area contributed by atoms with E-state index >= 15 is 0 Å². The Labute approximate surface area is 135 Å². The van der Waals surface area contributed by atoms with Gasteiger partial charge in [-0.1, -0.05) is 24.8 Å². The highest BCUT2D eigenvalue weighted by atomic mass is 32.2. The lowest BCUT2D eigenvalue weighted by Gasteiger charge is -2.31. The number of aliphatic imine (C=N–C) groups is 1. The van der Waals surface area contributed by atoms with Crippen molar-refractivity contribution in [2.24, 2.45) is 12.0 Å². The zero-order valence-electron chi connectivity index (χ0n) is 12.9. The highest BCUT2D eigenvalue weighted by Crippen LogP contribution is 2.48. The Bertz CT molecular complexity index is 694. The van der Waals surface area contributed by atoms with Crippen molar-refractivity contribution in [2.45, 2.75) is 31.5 Å². The molecule has 1 saturated heterocycles. The Morgan fingerprint density at radius 3 is 2.86 bits per heavy atom. The second-order valence-corrected chi connectivity index (χ2v) is 6.87. The van der Waals surface area contributed by atoms with Gasteiger partial charge >= 0.3 is 0 Å². The fourth-order valence-electron chi connectivity index (χ4n) is 3.45. The van der Waals surface area contributed by atoms with E-state index in [-0.39, 0.29) is 12.1 Å². The minimum absolute atomic E-state index is 0.0895. The molecule has 0 amide bonds. The molecule has 22 heavy (non-hydrogen) atoms. The van der Waals surface area contributed by atoms with Gasteiger partial charge in [0.1, 0.15) is 6.04 Å². The van der Waals surface area contributed by atoms with Crippen LogP contribution in [0.15, 0.2) is 47.7 Å². The molecule has 0 bridgehead atoms. The number of hydrogen-bond acceptors (Lipinski definition) is 4. The number of nitrogens with zero attached hydrogens (tertiary/aromatic N) is 4. The molecule has 0 radical (unpaired) electrons. The summed E-state index contributed by atoms with van der Waals surface area (Å²) in [5.41, 5.74) is 2.38. The maximum Gasteiger partial charge on any atom is 0.160 e. The standard InChI is InChI=1S/C17H20N4S/c1-3-12-11-22-17-19-15(13-7-4-5-9-18-13)16(21(12)17)14-8-6-10-20(14)2/h4-10,12,15-16H,3,11H2,1-2H3/t12-,15-,16+/m1/s1. The molecular formula is C17H20N4S. The van der Waals surface area contributed by atoms with E-state index < -0.39 is 0 Å². The van der Waals surface area contributed by atoms with Crippen molar-refractivity contribution in [1.29, 1.82) is 0 Å². The fraction of sp³-hybridized carbons (Fsp3) is 0.412. The molecule has 0 aliphatic carbocycles. The van der Waals surface area contributed by atoms with Crippen LogP contribution in [-0.2, 0) is 7.05 Å². The summed E-state index contributed by atoms with van der Waals surface area (Å²) in [5.74, 6) is 1.14. The van der Waals surface area contributed by atoms with E-state index in [1.807, 2.05) is 24.0 Å². The number of aryl methyl sites for hydroxylation is 1. The summed E-state index contributed by atoms with van der Waals surface area (Å²) in [6.07, 6.45) is 5.14. The number of hydrogen-bond donors (Lipinski definition) is 0. The van der Waals surface area contributed by atoms with Gasteiger partial charge in [0.05, 0.1) is 11.7 Å². The molecule has 0 unspecified atom stereocenters. The summed E-state index contributed by atoms with van der Waals surface area (Å²) in [6, 6.07) is 11.4. The molecule has 5 heteroatoms. The van der Waals surface area contributed by atoms with E-state index in [4.69, 9.17) is 4.99 Å². The fourth-order valence-corrected chi connectivity index (χ4v) is 4.79. The molecule has 2 aliphatic heterocycles. The molecular weight excluding hydrogens is 292 g/mol. The van der Waals surface area contributed by atoms with Crippen LogP contribution in [0.4, 0.5) is 0 Å². The van der Waals surface area contributed by atoms with Crippen LogP contribution in [0.5, 0.6) is 0 Å². The van der Waals surface area contributed by atoms with E-state index in [1.54, 1.807) is 0 Å². The third kappa shape index (κ3) is 2.07. The van der Waals surface area contributed by atoms with E-state index in [0.717, 1.165) is 17.9 Å². The predicted molar refractivity (Wildman–Crippen MR) is 90.9 cm³/mol. The first-order chi connectivity index (χ1) is 10.8. The Morgan fingerprint density at radius 2 is 2.18 bits per heavy atom. The van der Waals surface area contributed by atoms with Crippen molar-refractivity contribution in [1.82, 2.24) is 14.5 Å². The van der Waals surface area contributed by atoms with Gasteiger partial charge in [0.25, 0.3) is 0 Å². The first-order valence-electron chi connectivity index (χ1n) is 7.80. The van der Waals surface area contributed by atoms with Gasteiger partial charge < -0.3 is 9.47 Å². The lowest BCUT2D eigenvalue weighted by Crippen LogP contribution is -2.36. The van der Waals surface area contributed by atoms with Crippen LogP contribution < -0.4 is 0 Å². The zero-order chi connectivity index (χ0) is 15.1. The third-order valence-electron chi connectivity index (χ3n) is 4.62. The monoisotopic (exact) mass is 312 g/mol. The van der Waals surface area contributed by atoms with E-state index in [0.29, 0.717) is 6.04 Å². The predicted octanol–water partition coefficient (Wildman–Crippen LogP) is 3.40. The van der Waals surface area contributed by atoms with E-state index in [1.165, 1.54) is 10.9 Å². The molecule has 0 saturated carbocycles. The number of rotatable bonds is 3. The SMILES string of the molecule is CC[C@@H]1CSC2=N[C@H](c3ccccn3)[C@H](c3cccn3C)N21. The zero-order valence-corrected chi connectivity index (χ0v) is 13.7. The summed E-state index contributed by atoms with van der Waals surface area (Å²) in [7, 11) is 2.12. The van der Waals surface area contributed by atoms with Crippen LogP contribution in [0.25, 0.3) is 0 Å². The average molecular weight is 312 g/mol. The number of thioether (sulfide) groups is 1. The Morgan fingerprint density at radius 1 is 1.27 bits per heavy atom. The molecule has 2 aromatic heterocycles. The smallest absolute Gasteiger partial charge is 0.160 e. The maximum atomic E-state index is 5.03. The van der Waals surface area contributed by atoms with Crippen molar-refractivity contribution in [2.75, 3.05) is 5.75 Å². The average Bonchev–Trinajstić information content (AvgIpc) is 3.22. The van der Waals surface area contributed by atoms with Crippen molar-refractivity contribution in [3.8, 4) is 0 Å². The van der Waals surface area contributed by atoms with Gasteiger partial charge in [-0.25, -0.2) is 0 Å². The molecule has 1 fully saturated rings. The maximum absolute atomic E-state index is 5.03. The number of pyridine rings is 1. The Hall–Kier alpha value is -1.75. The number of amidine groups is 1. The minimum atomic E-state index is 0.0895. The summed E-state index contributed by atoms with van der Waals surface area (Å²) in [6.45, 7) is 2.27. The summed E-state index contributed by atoms with van der Waals surface area (Å²) >= 11 is 1.89. The van der Waals surface area contributed by atoms with Crippen LogP contribution in [0.1, 0.15) is 36.8 Å². The molecule has 2 aromatic rings. The molecule has 0 spiro atoms. The van der Waals surface area contributed by atoms with Crippen LogP contribution in [0.3, 0.4) is 0 Å². The highest BCUT2D eigenvalue weighted by molar-refractivity contribution is 8.14. The van der Waals surface area contributed by atoms with Gasteiger partial charge in [0.15, 0.2) is 5.17 Å². The first-order valence-corrected chi connectivity index (χ1v) is 8.79. The molecule has 0 aromatic carbocycles. The van der Waals surface area contributed by atoms with Crippen molar-refractivity contribution in [3.05, 3.63) is 54.1 Å². The molecule has 0 N–H and O–H groups in total. The van der Waals surface area contributed by atoms with Crippen molar-refractivity contribution >= 4 is 16.9 Å². The molecule has 4 heterocycles. The van der Waals surface area contributed by atoms with E-state index in [2.05, 4.69) is 58.9 Å². The second kappa shape index (κ2) is 5.47. The van der Waals surface area contributed by atoms with Crippen LogP contribution >= 0.6 is 11.8 Å². The first kappa shape index (κ1) is 13.9. The molecule has 4 nitrogen and oxygen atoms in total. The quantitative estimate of drug-likeness (QED) is 0.871. The van der Waals surface area contributed by atoms with Crippen LogP contribution in [-0.4, -0.2) is 31.4 Å². The molecule has 4 rings (SSSR count). The number of aromatic nitrogens is 2. The van der Waals surface area contributed by atoms with Gasteiger partial charge in [-0.3, -0.25) is 9.98 Å². The molecule has 2 aliphatic rings. The van der Waals surface area contributed by atoms with Gasteiger partial charge in [-0.15, -0.1) is 0 Å². The van der Waals surface area contributed by atoms with Crippen molar-refractivity contribution < 1.29 is 0 Å². The lowest BCUT2D eigenvalue weighted by atomic mass is 9.99. The normalized spacial score (nSPS) is 27.1. The highest BCUT2D eigenvalue weighted by Gasteiger charge is 2.46. The van der Waals surface area contributed by atoms with Crippen LogP contribution in [0, 0.1) is 0 Å². The van der Waals surface area contributed by atoms with Gasteiger partial charge in [-0.05, 0) is 30.7 Å². The summed E-state index contributed by atoms with van der Waals surface area (Å²) in [4.78, 5) is 12.1. The van der Waals surface area contributed by atoms with Gasteiger partial charge in [-0.2, -0.15) is 0 Å². The second-order valence-electron chi connectivity index (χ2n) is 5.88. The topological polar surface area (TPSA) is 33.4 Å². The largest absolute Gasteiger partial charge is 0.353 e. The summed E-state index contributed by atoms with van der Waals surface area (Å²) < 4.78 is 2.22. The Kier molecular flexibility index (Phi) is 3.45. The lowest BCUT2D eigenvalue weighted by molar-refractivity contribution is 0.247. The number of fused-ring (bicyclic) bond motifs is 1. The van der Waals surface area contributed by atoms with Gasteiger partial charge in [0, 0.05) is 36.9 Å². The Balaban J connectivity index is 1.80. The van der Waals surface area contributed by atoms with Crippen LogP contribution in [0.2, 0.25) is 0 Å². The molecule has 3 atom stereocenters. The van der Waals surface area contributed by atoms with Crippen molar-refractivity contribution in [3.63, 3.8) is 0 Å². The third-order valence-corrected chi connectivity index (χ3v) is 5.74.